The van der Waals surface area contributed by atoms with Crippen molar-refractivity contribution in [1.29, 1.82) is 0 Å². The van der Waals surface area contributed by atoms with E-state index < -0.39 is 11.7 Å². The van der Waals surface area contributed by atoms with Crippen molar-refractivity contribution in [2.24, 2.45) is 5.73 Å². The minimum absolute atomic E-state index is 0.0862. The molecule has 3 N–H and O–H groups in total. The van der Waals surface area contributed by atoms with Gasteiger partial charge < -0.3 is 20.5 Å². The molecule has 6 heteroatoms. The van der Waals surface area contributed by atoms with Crippen LogP contribution in [0.4, 0.5) is 4.79 Å². The zero-order valence-corrected chi connectivity index (χ0v) is 14.2. The Labute approximate surface area is 128 Å². The number of hydrogen-bond acceptors (Lipinski definition) is 5. The molecule has 1 saturated heterocycles. The Hall–Kier alpha value is -0.850. The molecule has 1 amide bonds. The molecule has 0 aromatic rings. The lowest BCUT2D eigenvalue weighted by atomic mass is 10.0. The Morgan fingerprint density at radius 3 is 2.62 bits per heavy atom. The lowest BCUT2D eigenvalue weighted by molar-refractivity contribution is -0.136. The van der Waals surface area contributed by atoms with Crippen molar-refractivity contribution < 1.29 is 14.3 Å². The highest BCUT2D eigenvalue weighted by atomic mass is 16.6. The second-order valence-electron chi connectivity index (χ2n) is 7.39. The highest BCUT2D eigenvalue weighted by molar-refractivity contribution is 5.67. The summed E-state index contributed by atoms with van der Waals surface area (Å²) in [5.74, 6) is 0. The first-order valence-corrected chi connectivity index (χ1v) is 7.61. The lowest BCUT2D eigenvalue weighted by Crippen LogP contribution is -2.59. The van der Waals surface area contributed by atoms with E-state index in [1.165, 1.54) is 0 Å². The van der Waals surface area contributed by atoms with Gasteiger partial charge in [-0.25, -0.2) is 4.79 Å². The second kappa shape index (κ2) is 6.94. The number of nitrogens with one attached hydrogen (secondary N) is 1. The average Bonchev–Trinajstić information content (AvgIpc) is 2.24. The summed E-state index contributed by atoms with van der Waals surface area (Å²) in [6.07, 6.45) is -0.245. The summed E-state index contributed by atoms with van der Waals surface area (Å²) in [4.78, 5) is 14.0. The molecule has 2 atom stereocenters. The van der Waals surface area contributed by atoms with Gasteiger partial charge in [0, 0.05) is 32.2 Å². The fourth-order valence-electron chi connectivity index (χ4n) is 2.66. The van der Waals surface area contributed by atoms with Crippen molar-refractivity contribution in [1.82, 2.24) is 10.2 Å². The third-order valence-electron chi connectivity index (χ3n) is 3.27. The lowest BCUT2D eigenvalue weighted by Gasteiger charge is -2.45. The van der Waals surface area contributed by atoms with Gasteiger partial charge in [-0.3, -0.25) is 4.90 Å². The monoisotopic (exact) mass is 301 g/mol. The van der Waals surface area contributed by atoms with Crippen molar-refractivity contribution in [2.45, 2.75) is 64.9 Å². The molecular formula is C15H31N3O3. The number of alkyl carbamates (subject to hydrolysis) is 1. The molecule has 0 aliphatic carbocycles. The number of carbonyl (C=O) groups is 1. The SMILES string of the molecule is CC1CN(C(CN)CNC(=O)OC(C)(C)C)CC(C)(C)O1. The summed E-state index contributed by atoms with van der Waals surface area (Å²) >= 11 is 0. The van der Waals surface area contributed by atoms with Gasteiger partial charge in [0.25, 0.3) is 0 Å². The Morgan fingerprint density at radius 2 is 2.14 bits per heavy atom. The Balaban J connectivity index is 2.53. The molecule has 1 rings (SSSR count). The number of amides is 1. The van der Waals surface area contributed by atoms with Crippen LogP contribution in [0.15, 0.2) is 0 Å². The molecule has 0 aromatic carbocycles. The third kappa shape index (κ3) is 6.63. The number of rotatable bonds is 4. The fourth-order valence-corrected chi connectivity index (χ4v) is 2.66. The molecule has 0 spiro atoms. The quantitative estimate of drug-likeness (QED) is 0.819. The maximum Gasteiger partial charge on any atom is 0.407 e. The number of carbonyl (C=O) groups excluding carboxylic acids is 1. The fraction of sp³-hybridized carbons (Fsp3) is 0.933. The standard InChI is InChI=1S/C15H31N3O3/c1-11-9-18(10-15(5,6)20-11)12(7-16)8-17-13(19)21-14(2,3)4/h11-12H,7-10,16H2,1-6H3,(H,17,19). The maximum absolute atomic E-state index is 11.7. The number of ether oxygens (including phenoxy) is 2. The molecule has 1 fully saturated rings. The predicted octanol–water partition coefficient (Wildman–Crippen LogP) is 1.34. The minimum atomic E-state index is -0.488. The van der Waals surface area contributed by atoms with E-state index in [4.69, 9.17) is 15.2 Å². The van der Waals surface area contributed by atoms with Crippen molar-refractivity contribution in [2.75, 3.05) is 26.2 Å². The Bertz CT molecular complexity index is 353. The van der Waals surface area contributed by atoms with E-state index >= 15 is 0 Å². The van der Waals surface area contributed by atoms with Gasteiger partial charge in [0.05, 0.1) is 11.7 Å². The first-order valence-electron chi connectivity index (χ1n) is 7.61. The predicted molar refractivity (Wildman–Crippen MR) is 83.3 cm³/mol. The highest BCUT2D eigenvalue weighted by Gasteiger charge is 2.34. The molecule has 0 saturated carbocycles. The molecule has 124 valence electrons. The number of hydrogen-bond donors (Lipinski definition) is 2. The van der Waals surface area contributed by atoms with Crippen LogP contribution < -0.4 is 11.1 Å². The second-order valence-corrected chi connectivity index (χ2v) is 7.39. The first kappa shape index (κ1) is 18.2. The molecule has 1 aliphatic rings. The van der Waals surface area contributed by atoms with Gasteiger partial charge in [0.15, 0.2) is 0 Å². The largest absolute Gasteiger partial charge is 0.444 e. The summed E-state index contributed by atoms with van der Waals surface area (Å²) in [6, 6.07) is 0.0862. The van der Waals surface area contributed by atoms with Gasteiger partial charge in [-0.15, -0.1) is 0 Å². The van der Waals surface area contributed by atoms with Crippen LogP contribution in [0.1, 0.15) is 41.5 Å². The van der Waals surface area contributed by atoms with Gasteiger partial charge in [-0.1, -0.05) is 0 Å². The van der Waals surface area contributed by atoms with Crippen LogP contribution in [0.2, 0.25) is 0 Å². The van der Waals surface area contributed by atoms with Gasteiger partial charge in [-0.05, 0) is 41.5 Å². The summed E-state index contributed by atoms with van der Waals surface area (Å²) in [6.45, 7) is 14.3. The van der Waals surface area contributed by atoms with Crippen LogP contribution >= 0.6 is 0 Å². The number of nitrogens with two attached hydrogens (primary N) is 1. The molecule has 2 unspecified atom stereocenters. The van der Waals surface area contributed by atoms with Crippen molar-refractivity contribution >= 4 is 6.09 Å². The topological polar surface area (TPSA) is 76.8 Å². The molecule has 0 aromatic heterocycles. The van der Waals surface area contributed by atoms with Crippen LogP contribution in [-0.2, 0) is 9.47 Å². The van der Waals surface area contributed by atoms with Crippen LogP contribution in [0.5, 0.6) is 0 Å². The maximum atomic E-state index is 11.7. The minimum Gasteiger partial charge on any atom is -0.444 e. The molecule has 0 bridgehead atoms. The molecular weight excluding hydrogens is 270 g/mol. The van der Waals surface area contributed by atoms with Crippen LogP contribution in [0.3, 0.4) is 0 Å². The zero-order chi connectivity index (χ0) is 16.3. The van der Waals surface area contributed by atoms with Gasteiger partial charge in [0.2, 0.25) is 0 Å². The third-order valence-corrected chi connectivity index (χ3v) is 3.27. The van der Waals surface area contributed by atoms with E-state index in [0.29, 0.717) is 13.1 Å². The van der Waals surface area contributed by atoms with Gasteiger partial charge >= 0.3 is 6.09 Å². The van der Waals surface area contributed by atoms with E-state index in [2.05, 4.69) is 31.0 Å². The summed E-state index contributed by atoms with van der Waals surface area (Å²) in [5.41, 5.74) is 5.19. The van der Waals surface area contributed by atoms with Gasteiger partial charge in [0.1, 0.15) is 5.60 Å². The van der Waals surface area contributed by atoms with E-state index in [1.54, 1.807) is 0 Å². The van der Waals surface area contributed by atoms with E-state index in [1.807, 2.05) is 20.8 Å². The van der Waals surface area contributed by atoms with E-state index in [9.17, 15) is 4.79 Å². The Kier molecular flexibility index (Phi) is 6.01. The van der Waals surface area contributed by atoms with Crippen LogP contribution in [0, 0.1) is 0 Å². The van der Waals surface area contributed by atoms with Crippen molar-refractivity contribution in [3.05, 3.63) is 0 Å². The van der Waals surface area contributed by atoms with Crippen LogP contribution in [0.25, 0.3) is 0 Å². The molecule has 1 aliphatic heterocycles. The molecule has 1 heterocycles. The van der Waals surface area contributed by atoms with E-state index in [-0.39, 0.29) is 17.7 Å². The number of morpholine rings is 1. The zero-order valence-electron chi connectivity index (χ0n) is 14.2. The van der Waals surface area contributed by atoms with Crippen molar-refractivity contribution in [3.8, 4) is 0 Å². The summed E-state index contributed by atoms with van der Waals surface area (Å²) in [5, 5.41) is 2.81. The molecule has 0 radical (unpaired) electrons. The molecule has 6 nitrogen and oxygen atoms in total. The summed E-state index contributed by atoms with van der Waals surface area (Å²) < 4.78 is 11.1. The average molecular weight is 301 g/mol. The van der Waals surface area contributed by atoms with Gasteiger partial charge in [-0.2, -0.15) is 0 Å². The summed E-state index contributed by atoms with van der Waals surface area (Å²) in [7, 11) is 0. The highest BCUT2D eigenvalue weighted by Crippen LogP contribution is 2.22. The first-order chi connectivity index (χ1) is 9.52. The van der Waals surface area contributed by atoms with Crippen molar-refractivity contribution in [3.63, 3.8) is 0 Å². The Morgan fingerprint density at radius 1 is 1.52 bits per heavy atom. The normalized spacial score (nSPS) is 24.4. The van der Waals surface area contributed by atoms with E-state index in [0.717, 1.165) is 13.1 Å². The number of nitrogens with zero attached hydrogens (tertiary/aromatic N) is 1. The van der Waals surface area contributed by atoms with Crippen LogP contribution in [-0.4, -0.2) is 60.5 Å². The molecule has 21 heavy (non-hydrogen) atoms. The smallest absolute Gasteiger partial charge is 0.407 e.